The van der Waals surface area contributed by atoms with Crippen LogP contribution >= 0.6 is 0 Å². The number of aliphatic hydroxyl groups is 1. The molecule has 0 spiro atoms. The number of aliphatic hydroxyl groups excluding tert-OH is 1. The second-order valence-electron chi connectivity index (χ2n) is 1.49. The normalized spacial score (nSPS) is 9.88. The minimum Gasteiger partial charge on any atom is -0.395 e. The standard InChI is InChI=1S/C5H10NO2/c1-6(2-4-7)3-5-8/h2,4,8H,3,5H2,1H3. The van der Waals surface area contributed by atoms with Crippen molar-refractivity contribution in [3.05, 3.63) is 6.54 Å². The van der Waals surface area contributed by atoms with Crippen LogP contribution in [0, 0.1) is 6.54 Å². The predicted octanol–water partition coefficient (Wildman–Crippen LogP) is -0.729. The average molecular weight is 116 g/mol. The Morgan fingerprint density at radius 2 is 2.38 bits per heavy atom. The molecule has 47 valence electrons. The number of likely N-dealkylation sites (N-methyl/N-ethyl adjacent to an activating group) is 1. The Balaban J connectivity index is 3.03. The Bertz CT molecular complexity index is 65.4. The fraction of sp³-hybridized carbons (Fsp3) is 0.600. The van der Waals surface area contributed by atoms with E-state index in [-0.39, 0.29) is 6.61 Å². The van der Waals surface area contributed by atoms with Crippen molar-refractivity contribution >= 4 is 6.29 Å². The molecule has 1 N–H and O–H groups in total. The number of carbonyl (C=O) groups is 1. The molecule has 1 radical (unpaired) electrons. The molecule has 0 aromatic rings. The molecule has 0 rings (SSSR count). The summed E-state index contributed by atoms with van der Waals surface area (Å²) in [6.45, 7) is 1.97. The van der Waals surface area contributed by atoms with E-state index >= 15 is 0 Å². The van der Waals surface area contributed by atoms with Crippen LogP contribution in [0.1, 0.15) is 0 Å². The molecule has 0 aromatic heterocycles. The fourth-order valence-electron chi connectivity index (χ4n) is 0.336. The van der Waals surface area contributed by atoms with E-state index in [1.54, 1.807) is 11.9 Å². The second-order valence-corrected chi connectivity index (χ2v) is 1.49. The third-order valence-electron chi connectivity index (χ3n) is 0.768. The Morgan fingerprint density at radius 3 is 2.75 bits per heavy atom. The lowest BCUT2D eigenvalue weighted by molar-refractivity contribution is -0.106. The molecule has 0 amide bonds. The van der Waals surface area contributed by atoms with Crippen LogP contribution in [0.3, 0.4) is 0 Å². The van der Waals surface area contributed by atoms with Gasteiger partial charge in [0.05, 0.1) is 13.2 Å². The van der Waals surface area contributed by atoms with Gasteiger partial charge in [-0.3, -0.25) is 4.90 Å². The highest BCUT2D eigenvalue weighted by Gasteiger charge is 1.92. The quantitative estimate of drug-likeness (QED) is 0.492. The summed E-state index contributed by atoms with van der Waals surface area (Å²) in [6, 6.07) is 0. The van der Waals surface area contributed by atoms with Crippen molar-refractivity contribution in [2.24, 2.45) is 0 Å². The third kappa shape index (κ3) is 3.77. The van der Waals surface area contributed by atoms with E-state index in [0.29, 0.717) is 12.8 Å². The minimum atomic E-state index is 0.0842. The van der Waals surface area contributed by atoms with E-state index in [0.717, 1.165) is 0 Å². The van der Waals surface area contributed by atoms with Gasteiger partial charge in [0.1, 0.15) is 6.29 Å². The van der Waals surface area contributed by atoms with Gasteiger partial charge < -0.3 is 9.90 Å². The smallest absolute Gasteiger partial charge is 0.139 e. The molecule has 0 aliphatic rings. The van der Waals surface area contributed by atoms with Crippen LogP contribution in [-0.2, 0) is 4.79 Å². The SMILES string of the molecule is CN([CH]C=O)CCO. The summed E-state index contributed by atoms with van der Waals surface area (Å²) in [6.07, 6.45) is 0.690. The zero-order chi connectivity index (χ0) is 6.41. The topological polar surface area (TPSA) is 40.5 Å². The number of carbonyl (C=O) groups excluding carboxylic acids is 1. The zero-order valence-electron chi connectivity index (χ0n) is 4.87. The molecular formula is C5H10NO2. The van der Waals surface area contributed by atoms with E-state index in [4.69, 9.17) is 5.11 Å². The van der Waals surface area contributed by atoms with Crippen LogP contribution in [0.4, 0.5) is 0 Å². The van der Waals surface area contributed by atoms with Crippen LogP contribution < -0.4 is 0 Å². The van der Waals surface area contributed by atoms with Crippen molar-refractivity contribution in [2.75, 3.05) is 20.2 Å². The molecule has 0 heterocycles. The summed E-state index contributed by atoms with van der Waals surface area (Å²) in [5, 5.41) is 8.29. The number of hydrogen-bond acceptors (Lipinski definition) is 3. The van der Waals surface area contributed by atoms with E-state index in [2.05, 4.69) is 0 Å². The molecule has 8 heavy (non-hydrogen) atoms. The monoisotopic (exact) mass is 116 g/mol. The second kappa shape index (κ2) is 4.74. The highest BCUT2D eigenvalue weighted by molar-refractivity contribution is 5.59. The van der Waals surface area contributed by atoms with E-state index in [1.165, 1.54) is 6.54 Å². The van der Waals surface area contributed by atoms with Crippen molar-refractivity contribution < 1.29 is 9.90 Å². The van der Waals surface area contributed by atoms with Crippen molar-refractivity contribution in [3.63, 3.8) is 0 Å². The summed E-state index contributed by atoms with van der Waals surface area (Å²) >= 11 is 0. The Hall–Kier alpha value is -0.410. The zero-order valence-corrected chi connectivity index (χ0v) is 4.87. The van der Waals surface area contributed by atoms with Gasteiger partial charge in [-0.05, 0) is 7.05 Å². The highest BCUT2D eigenvalue weighted by Crippen LogP contribution is 1.80. The molecule has 0 unspecified atom stereocenters. The van der Waals surface area contributed by atoms with Crippen LogP contribution in [0.5, 0.6) is 0 Å². The van der Waals surface area contributed by atoms with Crippen LogP contribution in [0.2, 0.25) is 0 Å². The summed E-state index contributed by atoms with van der Waals surface area (Å²) < 4.78 is 0. The third-order valence-corrected chi connectivity index (χ3v) is 0.768. The molecule has 0 saturated carbocycles. The molecule has 0 saturated heterocycles. The Morgan fingerprint density at radius 1 is 1.75 bits per heavy atom. The van der Waals surface area contributed by atoms with Crippen molar-refractivity contribution in [1.29, 1.82) is 0 Å². The van der Waals surface area contributed by atoms with Gasteiger partial charge in [0.25, 0.3) is 0 Å². The number of nitrogens with zero attached hydrogens (tertiary/aromatic N) is 1. The maximum absolute atomic E-state index is 9.71. The van der Waals surface area contributed by atoms with Crippen molar-refractivity contribution in [3.8, 4) is 0 Å². The van der Waals surface area contributed by atoms with Gasteiger partial charge in [-0.1, -0.05) is 0 Å². The van der Waals surface area contributed by atoms with Gasteiger partial charge in [0.15, 0.2) is 0 Å². The van der Waals surface area contributed by atoms with Crippen LogP contribution in [-0.4, -0.2) is 36.5 Å². The molecule has 0 bridgehead atoms. The van der Waals surface area contributed by atoms with Crippen molar-refractivity contribution in [2.45, 2.75) is 0 Å². The maximum Gasteiger partial charge on any atom is 0.139 e. The Kier molecular flexibility index (Phi) is 4.50. The molecule has 0 atom stereocenters. The fourth-order valence-corrected chi connectivity index (χ4v) is 0.336. The molecule has 0 aliphatic carbocycles. The minimum absolute atomic E-state index is 0.0842. The number of hydrogen-bond donors (Lipinski definition) is 1. The Labute approximate surface area is 48.9 Å². The summed E-state index contributed by atoms with van der Waals surface area (Å²) in [4.78, 5) is 11.3. The van der Waals surface area contributed by atoms with Gasteiger partial charge in [0.2, 0.25) is 0 Å². The van der Waals surface area contributed by atoms with Crippen LogP contribution in [0.15, 0.2) is 0 Å². The van der Waals surface area contributed by atoms with E-state index in [9.17, 15) is 4.79 Å². The lowest BCUT2D eigenvalue weighted by Gasteiger charge is -2.07. The van der Waals surface area contributed by atoms with E-state index in [1.807, 2.05) is 0 Å². The first-order chi connectivity index (χ1) is 3.81. The van der Waals surface area contributed by atoms with Crippen LogP contribution in [0.25, 0.3) is 0 Å². The predicted molar refractivity (Wildman–Crippen MR) is 30.1 cm³/mol. The first-order valence-corrected chi connectivity index (χ1v) is 2.41. The molecule has 0 aromatic carbocycles. The molecule has 3 nitrogen and oxygen atoms in total. The van der Waals surface area contributed by atoms with Gasteiger partial charge in [0, 0.05) is 6.54 Å². The summed E-state index contributed by atoms with van der Waals surface area (Å²) in [5.74, 6) is 0. The van der Waals surface area contributed by atoms with Gasteiger partial charge in [-0.25, -0.2) is 0 Å². The number of rotatable bonds is 4. The lowest BCUT2D eigenvalue weighted by Crippen LogP contribution is -2.19. The average Bonchev–Trinajstić information content (AvgIpc) is 1.68. The first-order valence-electron chi connectivity index (χ1n) is 2.41. The van der Waals surface area contributed by atoms with Gasteiger partial charge in [-0.2, -0.15) is 0 Å². The molecule has 0 aliphatic heterocycles. The number of aldehydes is 1. The summed E-state index contributed by atoms with van der Waals surface area (Å²) in [7, 11) is 1.73. The first kappa shape index (κ1) is 7.59. The molecular weight excluding hydrogens is 106 g/mol. The lowest BCUT2D eigenvalue weighted by atomic mass is 10.5. The largest absolute Gasteiger partial charge is 0.395 e. The molecule has 0 fully saturated rings. The highest BCUT2D eigenvalue weighted by atomic mass is 16.3. The summed E-state index contributed by atoms with van der Waals surface area (Å²) in [5.41, 5.74) is 0. The maximum atomic E-state index is 9.71. The van der Waals surface area contributed by atoms with Crippen molar-refractivity contribution in [1.82, 2.24) is 4.90 Å². The molecule has 3 heteroatoms. The van der Waals surface area contributed by atoms with Gasteiger partial charge in [-0.15, -0.1) is 0 Å². The van der Waals surface area contributed by atoms with Gasteiger partial charge >= 0.3 is 0 Å². The van der Waals surface area contributed by atoms with E-state index < -0.39 is 0 Å².